The molecule has 0 saturated carbocycles. The lowest BCUT2D eigenvalue weighted by molar-refractivity contribution is 0.121. The lowest BCUT2D eigenvalue weighted by Crippen LogP contribution is -2.13. The number of halogens is 2. The van der Waals surface area contributed by atoms with Crippen LogP contribution in [0.2, 0.25) is 0 Å². The molecule has 22 heavy (non-hydrogen) atoms. The lowest BCUT2D eigenvalue weighted by Gasteiger charge is -2.10. The molecule has 0 amide bonds. The van der Waals surface area contributed by atoms with Crippen LogP contribution in [0.3, 0.4) is 0 Å². The van der Waals surface area contributed by atoms with E-state index < -0.39 is 23.0 Å². The molecular formula is C12H13F2N3O3S2. The van der Waals surface area contributed by atoms with Gasteiger partial charge in [0, 0.05) is 11.1 Å². The summed E-state index contributed by atoms with van der Waals surface area (Å²) in [6, 6.07) is 4.18. The fourth-order valence-electron chi connectivity index (χ4n) is 1.69. The Morgan fingerprint density at radius 2 is 2.18 bits per heavy atom. The van der Waals surface area contributed by atoms with E-state index in [0.717, 1.165) is 17.1 Å². The number of aromatic hydroxyl groups is 1. The van der Waals surface area contributed by atoms with Gasteiger partial charge in [0.25, 0.3) is 16.4 Å². The highest BCUT2D eigenvalue weighted by molar-refractivity contribution is 7.99. The van der Waals surface area contributed by atoms with E-state index in [9.17, 15) is 22.3 Å². The molecule has 0 radical (unpaired) electrons. The van der Waals surface area contributed by atoms with Crippen molar-refractivity contribution >= 4 is 27.5 Å². The summed E-state index contributed by atoms with van der Waals surface area (Å²) in [6.07, 6.45) is 1.15. The molecule has 0 spiro atoms. The van der Waals surface area contributed by atoms with E-state index in [-0.39, 0.29) is 16.3 Å². The number of nitrogens with one attached hydrogen (secondary N) is 1. The predicted molar refractivity (Wildman–Crippen MR) is 78.9 cm³/mol. The number of hydrogen-bond donors (Lipinski definition) is 2. The summed E-state index contributed by atoms with van der Waals surface area (Å²) in [6.45, 7) is -0.676. The molecule has 1 aromatic carbocycles. The van der Waals surface area contributed by atoms with E-state index in [4.69, 9.17) is 0 Å². The number of aromatic nitrogens is 2. The Hall–Kier alpha value is -1.81. The van der Waals surface area contributed by atoms with Crippen molar-refractivity contribution in [3.8, 4) is 5.75 Å². The van der Waals surface area contributed by atoms with E-state index in [1.54, 1.807) is 6.26 Å². The molecule has 120 valence electrons. The van der Waals surface area contributed by atoms with E-state index in [0.29, 0.717) is 4.90 Å². The standard InChI is InChI=1S/C12H13F2N3O3S2/c1-21-11-4-8(18)2-3-10(11)16-22(19,20)9-5-15-17(6-9)7-12(13)14/h2-6,12,16,18H,7H2,1H3. The van der Waals surface area contributed by atoms with Gasteiger partial charge in [-0.25, -0.2) is 17.2 Å². The molecule has 0 aliphatic rings. The zero-order valence-corrected chi connectivity index (χ0v) is 13.0. The van der Waals surface area contributed by atoms with Crippen molar-refractivity contribution in [1.29, 1.82) is 0 Å². The summed E-state index contributed by atoms with van der Waals surface area (Å²) < 4.78 is 52.2. The number of phenolic OH excluding ortho intramolecular Hbond substituents is 1. The summed E-state index contributed by atoms with van der Waals surface area (Å²) >= 11 is 1.25. The molecule has 0 saturated heterocycles. The quantitative estimate of drug-likeness (QED) is 0.618. The minimum Gasteiger partial charge on any atom is -0.508 e. The molecule has 0 atom stereocenters. The molecule has 0 aliphatic heterocycles. The Kier molecular flexibility index (Phi) is 4.91. The maximum absolute atomic E-state index is 12.3. The largest absolute Gasteiger partial charge is 0.508 e. The topological polar surface area (TPSA) is 84.2 Å². The zero-order chi connectivity index (χ0) is 16.3. The first-order valence-corrected chi connectivity index (χ1v) is 8.73. The predicted octanol–water partition coefficient (Wildman–Crippen LogP) is 2.38. The van der Waals surface area contributed by atoms with Gasteiger partial charge in [-0.15, -0.1) is 11.8 Å². The van der Waals surface area contributed by atoms with Gasteiger partial charge in [0.1, 0.15) is 17.2 Å². The summed E-state index contributed by atoms with van der Waals surface area (Å²) in [5.41, 5.74) is 0.284. The Morgan fingerprint density at radius 3 is 2.82 bits per heavy atom. The lowest BCUT2D eigenvalue weighted by atomic mass is 10.3. The fourth-order valence-corrected chi connectivity index (χ4v) is 3.37. The van der Waals surface area contributed by atoms with Gasteiger partial charge < -0.3 is 5.11 Å². The highest BCUT2D eigenvalue weighted by Crippen LogP contribution is 2.30. The number of benzene rings is 1. The number of phenols is 1. The zero-order valence-electron chi connectivity index (χ0n) is 11.4. The van der Waals surface area contributed by atoms with Crippen molar-refractivity contribution in [3.63, 3.8) is 0 Å². The van der Waals surface area contributed by atoms with Gasteiger partial charge in [0.05, 0.1) is 11.9 Å². The van der Waals surface area contributed by atoms with Crippen LogP contribution in [0.15, 0.2) is 40.4 Å². The molecule has 10 heteroatoms. The normalized spacial score (nSPS) is 11.8. The van der Waals surface area contributed by atoms with Crippen molar-refractivity contribution in [2.45, 2.75) is 22.8 Å². The van der Waals surface area contributed by atoms with Gasteiger partial charge in [-0.1, -0.05) is 0 Å². The Morgan fingerprint density at radius 1 is 1.45 bits per heavy atom. The van der Waals surface area contributed by atoms with Crippen molar-refractivity contribution in [2.24, 2.45) is 0 Å². The first kappa shape index (κ1) is 16.6. The smallest absolute Gasteiger partial charge is 0.265 e. The first-order chi connectivity index (χ1) is 10.3. The summed E-state index contributed by atoms with van der Waals surface area (Å²) in [7, 11) is -3.95. The molecule has 1 heterocycles. The Balaban J connectivity index is 2.26. The fraction of sp³-hybridized carbons (Fsp3) is 0.250. The number of alkyl halides is 2. The maximum Gasteiger partial charge on any atom is 0.265 e. The highest BCUT2D eigenvalue weighted by atomic mass is 32.2. The van der Waals surface area contributed by atoms with E-state index in [1.807, 2.05) is 0 Å². The van der Waals surface area contributed by atoms with E-state index in [2.05, 4.69) is 9.82 Å². The third-order valence-electron chi connectivity index (χ3n) is 2.67. The average Bonchev–Trinajstić information content (AvgIpc) is 2.89. The van der Waals surface area contributed by atoms with Gasteiger partial charge in [-0.2, -0.15) is 5.10 Å². The number of sulfonamides is 1. The van der Waals surface area contributed by atoms with E-state index in [1.165, 1.54) is 30.0 Å². The maximum atomic E-state index is 12.3. The first-order valence-electron chi connectivity index (χ1n) is 6.02. The summed E-state index contributed by atoms with van der Waals surface area (Å²) in [5.74, 6) is 0.0112. The Labute approximate surface area is 130 Å². The summed E-state index contributed by atoms with van der Waals surface area (Å²) in [5, 5.41) is 13.0. The van der Waals surface area contributed by atoms with Crippen LogP contribution in [0, 0.1) is 0 Å². The summed E-state index contributed by atoms with van der Waals surface area (Å²) in [4.78, 5) is 0.317. The van der Waals surface area contributed by atoms with Gasteiger partial charge in [0.15, 0.2) is 0 Å². The number of rotatable bonds is 6. The molecular weight excluding hydrogens is 336 g/mol. The van der Waals surface area contributed by atoms with Crippen molar-refractivity contribution in [2.75, 3.05) is 11.0 Å². The van der Waals surface area contributed by atoms with Gasteiger partial charge >= 0.3 is 0 Å². The molecule has 0 bridgehead atoms. The third-order valence-corrected chi connectivity index (χ3v) is 4.77. The molecule has 6 nitrogen and oxygen atoms in total. The molecule has 0 aliphatic carbocycles. The van der Waals surface area contributed by atoms with Crippen molar-refractivity contribution < 1.29 is 22.3 Å². The second-order valence-corrected chi connectivity index (χ2v) is 6.81. The van der Waals surface area contributed by atoms with Gasteiger partial charge in [-0.05, 0) is 24.5 Å². The molecule has 2 rings (SSSR count). The number of anilines is 1. The monoisotopic (exact) mass is 349 g/mol. The minimum absolute atomic E-state index is 0.0112. The van der Waals surface area contributed by atoms with Crippen LogP contribution in [0.25, 0.3) is 0 Å². The van der Waals surface area contributed by atoms with Crippen LogP contribution in [-0.4, -0.2) is 36.0 Å². The number of hydrogen-bond acceptors (Lipinski definition) is 5. The van der Waals surface area contributed by atoms with Crippen LogP contribution in [-0.2, 0) is 16.6 Å². The Bertz CT molecular complexity index is 763. The van der Waals surface area contributed by atoms with Crippen LogP contribution >= 0.6 is 11.8 Å². The van der Waals surface area contributed by atoms with E-state index >= 15 is 0 Å². The SMILES string of the molecule is CSc1cc(O)ccc1NS(=O)(=O)c1cnn(CC(F)F)c1. The number of thioether (sulfide) groups is 1. The molecule has 2 aromatic rings. The van der Waals surface area contributed by atoms with Crippen LogP contribution in [0.5, 0.6) is 5.75 Å². The van der Waals surface area contributed by atoms with Crippen molar-refractivity contribution in [3.05, 3.63) is 30.6 Å². The second kappa shape index (κ2) is 6.53. The third kappa shape index (κ3) is 3.89. The van der Waals surface area contributed by atoms with Crippen LogP contribution in [0.4, 0.5) is 14.5 Å². The number of nitrogens with zero attached hydrogens (tertiary/aromatic N) is 2. The molecule has 0 unspecified atom stereocenters. The van der Waals surface area contributed by atoms with Crippen LogP contribution < -0.4 is 4.72 Å². The van der Waals surface area contributed by atoms with Crippen molar-refractivity contribution in [1.82, 2.24) is 9.78 Å². The molecule has 1 aromatic heterocycles. The molecule has 0 fully saturated rings. The van der Waals surface area contributed by atoms with Gasteiger partial charge in [-0.3, -0.25) is 9.40 Å². The minimum atomic E-state index is -3.95. The van der Waals surface area contributed by atoms with Crippen LogP contribution in [0.1, 0.15) is 0 Å². The average molecular weight is 349 g/mol. The van der Waals surface area contributed by atoms with Gasteiger partial charge in [0.2, 0.25) is 0 Å². The highest BCUT2D eigenvalue weighted by Gasteiger charge is 2.19. The second-order valence-electron chi connectivity index (χ2n) is 4.28. The molecule has 2 N–H and O–H groups in total.